The number of fused-ring (bicyclic) bond motifs is 7. The van der Waals surface area contributed by atoms with Gasteiger partial charge in [0.05, 0.1) is 23.7 Å². The molecule has 0 fully saturated rings. The number of methoxy groups -OCH3 is 2. The summed E-state index contributed by atoms with van der Waals surface area (Å²) in [5, 5.41) is 1.51. The van der Waals surface area contributed by atoms with Gasteiger partial charge in [0, 0.05) is 37.6 Å². The number of ether oxygens (including phenoxy) is 2. The van der Waals surface area contributed by atoms with Gasteiger partial charge in [-0.2, -0.15) is 0 Å². The van der Waals surface area contributed by atoms with Crippen LogP contribution < -0.4 is 5.56 Å². The Labute approximate surface area is 202 Å². The number of aryl methyl sites for hydroxylation is 2. The highest BCUT2D eigenvalue weighted by Gasteiger charge is 2.22. The van der Waals surface area contributed by atoms with Crippen molar-refractivity contribution in [2.75, 3.05) is 20.8 Å². The van der Waals surface area contributed by atoms with Gasteiger partial charge in [-0.25, -0.2) is 9.78 Å². The Morgan fingerprint density at radius 3 is 2.46 bits per heavy atom. The van der Waals surface area contributed by atoms with Crippen LogP contribution >= 0.6 is 0 Å². The summed E-state index contributed by atoms with van der Waals surface area (Å²) in [7, 11) is 3.07. The van der Waals surface area contributed by atoms with Gasteiger partial charge in [0.25, 0.3) is 5.56 Å². The van der Waals surface area contributed by atoms with Crippen molar-refractivity contribution < 1.29 is 14.3 Å². The Morgan fingerprint density at radius 2 is 1.71 bits per heavy atom. The maximum Gasteiger partial charge on any atom is 0.337 e. The molecule has 0 amide bonds. The summed E-state index contributed by atoms with van der Waals surface area (Å²) >= 11 is 0. The molecule has 0 bridgehead atoms. The lowest BCUT2D eigenvalue weighted by molar-refractivity contribution is 0.0601. The van der Waals surface area contributed by atoms with Crippen LogP contribution in [-0.4, -0.2) is 45.3 Å². The number of unbranched alkanes of at least 4 members (excludes halogenated alkanes) is 2. The predicted molar refractivity (Wildman–Crippen MR) is 137 cm³/mol. The maximum absolute atomic E-state index is 13.7. The van der Waals surface area contributed by atoms with E-state index in [-0.39, 0.29) is 5.56 Å². The Balaban J connectivity index is 1.91. The number of imidazole rings is 2. The van der Waals surface area contributed by atoms with Crippen molar-refractivity contribution in [3.8, 4) is 0 Å². The van der Waals surface area contributed by atoms with Crippen LogP contribution in [-0.2, 0) is 22.6 Å². The highest BCUT2D eigenvalue weighted by Crippen LogP contribution is 2.30. The smallest absolute Gasteiger partial charge is 0.337 e. The van der Waals surface area contributed by atoms with Crippen LogP contribution in [0.25, 0.3) is 38.7 Å². The minimum atomic E-state index is -0.401. The zero-order valence-corrected chi connectivity index (χ0v) is 20.4. The van der Waals surface area contributed by atoms with E-state index >= 15 is 0 Å². The third-order valence-electron chi connectivity index (χ3n) is 6.63. The summed E-state index contributed by atoms with van der Waals surface area (Å²) in [6.07, 6.45) is 3.81. The van der Waals surface area contributed by atoms with Crippen LogP contribution in [0.3, 0.4) is 0 Å². The summed E-state index contributed by atoms with van der Waals surface area (Å²) in [4.78, 5) is 31.1. The zero-order valence-electron chi connectivity index (χ0n) is 20.4. The molecule has 8 heteroatoms. The van der Waals surface area contributed by atoms with E-state index in [0.717, 1.165) is 59.0 Å². The van der Waals surface area contributed by atoms with Crippen molar-refractivity contribution in [1.29, 1.82) is 0 Å². The van der Waals surface area contributed by atoms with Crippen LogP contribution in [0.1, 0.15) is 43.0 Å². The van der Waals surface area contributed by atoms with Crippen LogP contribution in [0.5, 0.6) is 0 Å². The van der Waals surface area contributed by atoms with Crippen LogP contribution in [0, 0.1) is 0 Å². The number of esters is 1. The van der Waals surface area contributed by atoms with E-state index in [1.165, 1.54) is 7.11 Å². The van der Waals surface area contributed by atoms with Gasteiger partial charge in [0.1, 0.15) is 11.2 Å². The number of carbonyl (C=O) groups excluding carboxylic acids is 1. The molecule has 5 aromatic rings. The number of benzene rings is 2. The first-order valence-corrected chi connectivity index (χ1v) is 12.1. The molecule has 0 saturated heterocycles. The van der Waals surface area contributed by atoms with E-state index < -0.39 is 5.97 Å². The molecular weight excluding hydrogens is 444 g/mol. The summed E-state index contributed by atoms with van der Waals surface area (Å²) < 4.78 is 16.3. The molecule has 35 heavy (non-hydrogen) atoms. The van der Waals surface area contributed by atoms with Gasteiger partial charge in [-0.1, -0.05) is 38.0 Å². The number of hydrogen-bond acceptors (Lipinski definition) is 5. The molecule has 5 rings (SSSR count). The van der Waals surface area contributed by atoms with Crippen molar-refractivity contribution in [3.63, 3.8) is 0 Å². The first-order chi connectivity index (χ1) is 17.1. The SMILES string of the molecule is CCCCCn1c(=O)c2ccccc2c2nc3n(CCCOC)c4ccc(C(=O)OC)cc4n3c21. The second kappa shape index (κ2) is 9.54. The highest BCUT2D eigenvalue weighted by molar-refractivity contribution is 6.05. The number of hydrogen-bond donors (Lipinski definition) is 0. The highest BCUT2D eigenvalue weighted by atomic mass is 16.5. The van der Waals surface area contributed by atoms with Gasteiger partial charge in [0.15, 0.2) is 0 Å². The Morgan fingerprint density at radius 1 is 0.943 bits per heavy atom. The number of carbonyl (C=O) groups is 1. The molecular formula is C27H30N4O4. The molecule has 0 N–H and O–H groups in total. The third-order valence-corrected chi connectivity index (χ3v) is 6.63. The minimum absolute atomic E-state index is 0.0181. The van der Waals surface area contributed by atoms with Gasteiger partial charge >= 0.3 is 5.97 Å². The average molecular weight is 475 g/mol. The molecule has 0 atom stereocenters. The molecule has 0 saturated carbocycles. The van der Waals surface area contributed by atoms with E-state index in [0.29, 0.717) is 30.6 Å². The number of aromatic nitrogens is 4. The standard InChI is InChI=1S/C27H30N4O4/c1-4-5-8-14-30-24-23(19-10-6-7-11-20(19)25(30)32)28-27-29(15-9-16-34-2)21-13-12-18(26(33)35-3)17-22(21)31(24)27/h6-7,10-13,17H,4-5,8-9,14-16H2,1-3H3. The molecule has 0 unspecified atom stereocenters. The third kappa shape index (κ3) is 3.78. The Bertz CT molecular complexity index is 1610. The van der Waals surface area contributed by atoms with Gasteiger partial charge < -0.3 is 14.0 Å². The molecule has 3 aromatic heterocycles. The van der Waals surface area contributed by atoms with E-state index in [2.05, 4.69) is 11.5 Å². The topological polar surface area (TPSA) is 79.8 Å². The predicted octanol–water partition coefficient (Wildman–Crippen LogP) is 4.77. The fourth-order valence-corrected chi connectivity index (χ4v) is 4.95. The van der Waals surface area contributed by atoms with Gasteiger partial charge in [-0.3, -0.25) is 13.8 Å². The van der Waals surface area contributed by atoms with Gasteiger partial charge in [-0.05, 0) is 37.1 Å². The van der Waals surface area contributed by atoms with E-state index in [1.807, 2.05) is 45.4 Å². The summed E-state index contributed by atoms with van der Waals surface area (Å²) in [5.74, 6) is 0.343. The summed E-state index contributed by atoms with van der Waals surface area (Å²) in [6, 6.07) is 13.2. The van der Waals surface area contributed by atoms with Crippen molar-refractivity contribution in [2.45, 2.75) is 45.7 Å². The lowest BCUT2D eigenvalue weighted by atomic mass is 10.1. The normalized spacial score (nSPS) is 11.9. The molecule has 8 nitrogen and oxygen atoms in total. The lowest BCUT2D eigenvalue weighted by Gasteiger charge is -2.11. The largest absolute Gasteiger partial charge is 0.465 e. The van der Waals surface area contributed by atoms with Gasteiger partial charge in [-0.15, -0.1) is 0 Å². The summed E-state index contributed by atoms with van der Waals surface area (Å²) in [5.41, 5.74) is 3.75. The van der Waals surface area contributed by atoms with Crippen LogP contribution in [0.15, 0.2) is 47.3 Å². The van der Waals surface area contributed by atoms with Crippen LogP contribution in [0.4, 0.5) is 0 Å². The first kappa shape index (κ1) is 23.1. The fourth-order valence-electron chi connectivity index (χ4n) is 4.95. The van der Waals surface area contributed by atoms with Crippen molar-refractivity contribution in [2.24, 2.45) is 0 Å². The maximum atomic E-state index is 13.7. The Kier molecular flexibility index (Phi) is 6.30. The molecule has 182 valence electrons. The molecule has 0 radical (unpaired) electrons. The minimum Gasteiger partial charge on any atom is -0.465 e. The van der Waals surface area contributed by atoms with Crippen molar-refractivity contribution in [3.05, 3.63) is 58.4 Å². The molecule has 0 spiro atoms. The van der Waals surface area contributed by atoms with E-state index in [4.69, 9.17) is 14.5 Å². The van der Waals surface area contributed by atoms with Crippen molar-refractivity contribution >= 4 is 44.7 Å². The molecule has 0 aliphatic heterocycles. The molecule has 0 aliphatic carbocycles. The monoisotopic (exact) mass is 474 g/mol. The van der Waals surface area contributed by atoms with E-state index in [1.54, 1.807) is 13.2 Å². The summed E-state index contributed by atoms with van der Waals surface area (Å²) in [6.45, 7) is 4.07. The quantitative estimate of drug-likeness (QED) is 0.227. The molecule has 2 aromatic carbocycles. The lowest BCUT2D eigenvalue weighted by Crippen LogP contribution is -2.21. The van der Waals surface area contributed by atoms with Crippen molar-refractivity contribution in [1.82, 2.24) is 18.5 Å². The second-order valence-corrected chi connectivity index (χ2v) is 8.82. The average Bonchev–Trinajstić information content (AvgIpc) is 3.41. The molecule has 3 heterocycles. The van der Waals surface area contributed by atoms with E-state index in [9.17, 15) is 9.59 Å². The number of pyridine rings is 1. The van der Waals surface area contributed by atoms with Gasteiger partial charge in [0.2, 0.25) is 5.78 Å². The fraction of sp³-hybridized carbons (Fsp3) is 0.370. The first-order valence-electron chi connectivity index (χ1n) is 12.1. The molecule has 0 aliphatic rings. The number of nitrogens with zero attached hydrogens (tertiary/aromatic N) is 4. The number of rotatable bonds is 9. The van der Waals surface area contributed by atoms with Crippen LogP contribution in [0.2, 0.25) is 0 Å². The second-order valence-electron chi connectivity index (χ2n) is 8.82. The Hall–Kier alpha value is -3.65. The zero-order chi connectivity index (χ0) is 24.5.